The van der Waals surface area contributed by atoms with E-state index in [9.17, 15) is 4.79 Å². The fraction of sp³-hybridized carbons (Fsp3) is 0.375. The topological polar surface area (TPSA) is 72.9 Å². The van der Waals surface area contributed by atoms with Gasteiger partial charge in [-0.25, -0.2) is 4.68 Å². The number of nitrogens with zero attached hydrogens (tertiary/aromatic N) is 2. The van der Waals surface area contributed by atoms with Crippen LogP contribution in [0.25, 0.3) is 5.69 Å². The summed E-state index contributed by atoms with van der Waals surface area (Å²) in [5.41, 5.74) is 9.40. The molecule has 3 N–H and O–H groups in total. The predicted octanol–water partition coefficient (Wildman–Crippen LogP) is 2.56. The van der Waals surface area contributed by atoms with Gasteiger partial charge in [-0.3, -0.25) is 4.79 Å². The highest BCUT2D eigenvalue weighted by molar-refractivity contribution is 5.90. The Kier molecular flexibility index (Phi) is 4.75. The van der Waals surface area contributed by atoms with Crippen LogP contribution in [0.4, 0.5) is 5.69 Å². The van der Waals surface area contributed by atoms with E-state index in [1.807, 2.05) is 55.8 Å². The van der Waals surface area contributed by atoms with E-state index in [1.54, 1.807) is 0 Å². The first-order valence-electron chi connectivity index (χ1n) is 7.15. The summed E-state index contributed by atoms with van der Waals surface area (Å²) >= 11 is 0. The molecule has 5 heteroatoms. The summed E-state index contributed by atoms with van der Waals surface area (Å²) < 4.78 is 1.87. The number of hydrogen-bond donors (Lipinski definition) is 2. The molecule has 1 aromatic heterocycles. The summed E-state index contributed by atoms with van der Waals surface area (Å²) in [7, 11) is 0. The Morgan fingerprint density at radius 3 is 2.76 bits per heavy atom. The van der Waals surface area contributed by atoms with Crippen LogP contribution in [0.3, 0.4) is 0 Å². The second-order valence-corrected chi connectivity index (χ2v) is 5.45. The van der Waals surface area contributed by atoms with Gasteiger partial charge in [0.2, 0.25) is 5.91 Å². The predicted molar refractivity (Wildman–Crippen MR) is 84.6 cm³/mol. The average Bonchev–Trinajstić information content (AvgIpc) is 2.76. The van der Waals surface area contributed by atoms with Crippen LogP contribution in [0.15, 0.2) is 30.3 Å². The molecule has 0 saturated heterocycles. The molecule has 1 amide bonds. The van der Waals surface area contributed by atoms with Gasteiger partial charge < -0.3 is 11.1 Å². The van der Waals surface area contributed by atoms with Gasteiger partial charge in [-0.05, 0) is 51.5 Å². The quantitative estimate of drug-likeness (QED) is 0.887. The number of carbonyl (C=O) groups excluding carboxylic acids is 1. The van der Waals surface area contributed by atoms with Crippen LogP contribution >= 0.6 is 0 Å². The van der Waals surface area contributed by atoms with Gasteiger partial charge in [-0.1, -0.05) is 6.07 Å². The van der Waals surface area contributed by atoms with Crippen molar-refractivity contribution in [3.8, 4) is 5.69 Å². The number of carbonyl (C=O) groups is 1. The molecule has 0 aliphatic heterocycles. The van der Waals surface area contributed by atoms with E-state index in [0.29, 0.717) is 12.8 Å². The fourth-order valence-corrected chi connectivity index (χ4v) is 2.19. The van der Waals surface area contributed by atoms with E-state index >= 15 is 0 Å². The van der Waals surface area contributed by atoms with E-state index < -0.39 is 0 Å². The van der Waals surface area contributed by atoms with Crippen LogP contribution in [0, 0.1) is 13.8 Å². The zero-order valence-electron chi connectivity index (χ0n) is 12.8. The Morgan fingerprint density at radius 2 is 2.14 bits per heavy atom. The van der Waals surface area contributed by atoms with Gasteiger partial charge >= 0.3 is 0 Å². The standard InChI is InChI=1S/C16H22N4O/c1-11(17)7-8-16(21)18-14-5-4-6-15(10-14)20-13(3)9-12(2)19-20/h4-6,9-11H,7-8,17H2,1-3H3,(H,18,21). The number of benzene rings is 1. The minimum Gasteiger partial charge on any atom is -0.328 e. The smallest absolute Gasteiger partial charge is 0.224 e. The molecule has 2 rings (SSSR count). The summed E-state index contributed by atoms with van der Waals surface area (Å²) in [5.74, 6) is -0.0159. The van der Waals surface area contributed by atoms with Crippen molar-refractivity contribution in [1.82, 2.24) is 9.78 Å². The first-order chi connectivity index (χ1) is 9.95. The number of hydrogen-bond acceptors (Lipinski definition) is 3. The lowest BCUT2D eigenvalue weighted by atomic mass is 10.2. The highest BCUT2D eigenvalue weighted by atomic mass is 16.1. The molecule has 1 unspecified atom stereocenters. The fourth-order valence-electron chi connectivity index (χ4n) is 2.19. The van der Waals surface area contributed by atoms with E-state index in [2.05, 4.69) is 10.4 Å². The van der Waals surface area contributed by atoms with Crippen molar-refractivity contribution in [3.63, 3.8) is 0 Å². The maximum absolute atomic E-state index is 11.8. The van der Waals surface area contributed by atoms with Gasteiger partial charge in [-0.15, -0.1) is 0 Å². The van der Waals surface area contributed by atoms with Gasteiger partial charge in [0.05, 0.1) is 11.4 Å². The lowest BCUT2D eigenvalue weighted by molar-refractivity contribution is -0.116. The van der Waals surface area contributed by atoms with Crippen molar-refractivity contribution in [1.29, 1.82) is 0 Å². The monoisotopic (exact) mass is 286 g/mol. The van der Waals surface area contributed by atoms with Crippen LogP contribution in [0.1, 0.15) is 31.2 Å². The van der Waals surface area contributed by atoms with Crippen molar-refractivity contribution >= 4 is 11.6 Å². The molecule has 0 saturated carbocycles. The number of nitrogens with one attached hydrogen (secondary N) is 1. The summed E-state index contributed by atoms with van der Waals surface area (Å²) in [6, 6.07) is 9.73. The SMILES string of the molecule is Cc1cc(C)n(-c2cccc(NC(=O)CCC(C)N)c2)n1. The number of rotatable bonds is 5. The number of anilines is 1. The highest BCUT2D eigenvalue weighted by Gasteiger charge is 2.07. The van der Waals surface area contributed by atoms with E-state index in [4.69, 9.17) is 5.73 Å². The molecule has 0 radical (unpaired) electrons. The van der Waals surface area contributed by atoms with Crippen molar-refractivity contribution in [3.05, 3.63) is 41.7 Å². The maximum Gasteiger partial charge on any atom is 0.224 e. The first kappa shape index (κ1) is 15.3. The van der Waals surface area contributed by atoms with Crippen LogP contribution < -0.4 is 11.1 Å². The second kappa shape index (κ2) is 6.54. The lowest BCUT2D eigenvalue weighted by Gasteiger charge is -2.09. The van der Waals surface area contributed by atoms with Crippen LogP contribution in [-0.4, -0.2) is 21.7 Å². The molecular formula is C16H22N4O. The molecule has 1 atom stereocenters. The van der Waals surface area contributed by atoms with Gasteiger partial charge in [0.1, 0.15) is 0 Å². The Hall–Kier alpha value is -2.14. The molecule has 5 nitrogen and oxygen atoms in total. The Balaban J connectivity index is 2.11. The molecule has 1 aromatic carbocycles. The van der Waals surface area contributed by atoms with Gasteiger partial charge in [-0.2, -0.15) is 5.10 Å². The van der Waals surface area contributed by atoms with Crippen molar-refractivity contribution in [2.45, 2.75) is 39.7 Å². The van der Waals surface area contributed by atoms with Crippen LogP contribution in [-0.2, 0) is 4.79 Å². The van der Waals surface area contributed by atoms with Gasteiger partial charge in [0.15, 0.2) is 0 Å². The van der Waals surface area contributed by atoms with E-state index in [-0.39, 0.29) is 11.9 Å². The normalized spacial score (nSPS) is 12.2. The number of amides is 1. The van der Waals surface area contributed by atoms with Crippen molar-refractivity contribution in [2.24, 2.45) is 5.73 Å². The van der Waals surface area contributed by atoms with E-state index in [1.165, 1.54) is 0 Å². The third-order valence-electron chi connectivity index (χ3n) is 3.21. The highest BCUT2D eigenvalue weighted by Crippen LogP contribution is 2.17. The molecule has 0 bridgehead atoms. The third kappa shape index (κ3) is 4.16. The third-order valence-corrected chi connectivity index (χ3v) is 3.21. The van der Waals surface area contributed by atoms with Crippen LogP contribution in [0.2, 0.25) is 0 Å². The molecular weight excluding hydrogens is 264 g/mol. The zero-order chi connectivity index (χ0) is 15.4. The molecule has 2 aromatic rings. The Bertz CT molecular complexity index is 631. The summed E-state index contributed by atoms with van der Waals surface area (Å²) in [5, 5.41) is 7.35. The van der Waals surface area contributed by atoms with Gasteiger partial charge in [0.25, 0.3) is 0 Å². The molecule has 0 aliphatic rings. The minimum atomic E-state index is -0.0159. The second-order valence-electron chi connectivity index (χ2n) is 5.45. The van der Waals surface area contributed by atoms with Crippen LogP contribution in [0.5, 0.6) is 0 Å². The van der Waals surface area contributed by atoms with Gasteiger partial charge in [0, 0.05) is 23.8 Å². The largest absolute Gasteiger partial charge is 0.328 e. The molecule has 0 aliphatic carbocycles. The molecule has 0 spiro atoms. The first-order valence-corrected chi connectivity index (χ1v) is 7.15. The average molecular weight is 286 g/mol. The zero-order valence-corrected chi connectivity index (χ0v) is 12.8. The Labute approximate surface area is 125 Å². The summed E-state index contributed by atoms with van der Waals surface area (Å²) in [6.45, 7) is 5.87. The summed E-state index contributed by atoms with van der Waals surface area (Å²) in [6.07, 6.45) is 1.12. The summed E-state index contributed by atoms with van der Waals surface area (Å²) in [4.78, 5) is 11.8. The number of nitrogens with two attached hydrogens (primary N) is 1. The molecule has 21 heavy (non-hydrogen) atoms. The van der Waals surface area contributed by atoms with E-state index in [0.717, 1.165) is 22.8 Å². The molecule has 0 fully saturated rings. The Morgan fingerprint density at radius 1 is 1.38 bits per heavy atom. The number of aromatic nitrogens is 2. The maximum atomic E-state index is 11.8. The lowest BCUT2D eigenvalue weighted by Crippen LogP contribution is -2.19. The minimum absolute atomic E-state index is 0.0159. The molecule has 1 heterocycles. The number of aryl methyl sites for hydroxylation is 2. The van der Waals surface area contributed by atoms with Crippen molar-refractivity contribution < 1.29 is 4.79 Å². The molecule has 112 valence electrons. The van der Waals surface area contributed by atoms with Crippen molar-refractivity contribution in [2.75, 3.05) is 5.32 Å².